The quantitative estimate of drug-likeness (QED) is 0.709. The number of nitrogen functional groups attached to an aromatic ring is 1. The number of hydrogen-bond donors (Lipinski definition) is 1. The molecular formula is C18H21N3. The Morgan fingerprint density at radius 3 is 2.29 bits per heavy atom. The molecule has 0 aliphatic heterocycles. The van der Waals surface area contributed by atoms with Gasteiger partial charge in [0.2, 0.25) is 0 Å². The number of imidazole rings is 1. The van der Waals surface area contributed by atoms with Gasteiger partial charge < -0.3 is 5.73 Å². The molecule has 0 fully saturated rings. The minimum Gasteiger partial charge on any atom is -0.399 e. The van der Waals surface area contributed by atoms with Crippen LogP contribution in [0, 0.1) is 13.8 Å². The van der Waals surface area contributed by atoms with E-state index in [2.05, 4.69) is 56.5 Å². The maximum Gasteiger partial charge on any atom is 0.117 e. The van der Waals surface area contributed by atoms with E-state index >= 15 is 0 Å². The summed E-state index contributed by atoms with van der Waals surface area (Å²) in [5.41, 5.74) is 12.4. The molecule has 2 N–H and O–H groups in total. The van der Waals surface area contributed by atoms with Gasteiger partial charge in [0.05, 0.1) is 11.0 Å². The van der Waals surface area contributed by atoms with Crippen molar-refractivity contribution in [1.29, 1.82) is 0 Å². The summed E-state index contributed by atoms with van der Waals surface area (Å²) in [6.07, 6.45) is 0. The second kappa shape index (κ2) is 4.92. The van der Waals surface area contributed by atoms with E-state index in [1.807, 2.05) is 12.1 Å². The molecule has 0 saturated heterocycles. The molecule has 108 valence electrons. The molecule has 3 heteroatoms. The predicted octanol–water partition coefficient (Wildman–Crippen LogP) is 4.35. The Morgan fingerprint density at radius 1 is 1.00 bits per heavy atom. The highest BCUT2D eigenvalue weighted by molar-refractivity contribution is 5.81. The summed E-state index contributed by atoms with van der Waals surface area (Å²) in [5, 5.41) is 0. The van der Waals surface area contributed by atoms with E-state index in [0.29, 0.717) is 5.92 Å². The highest BCUT2D eigenvalue weighted by Gasteiger charge is 2.15. The van der Waals surface area contributed by atoms with E-state index in [1.165, 1.54) is 16.8 Å². The Morgan fingerprint density at radius 2 is 1.67 bits per heavy atom. The van der Waals surface area contributed by atoms with Crippen molar-refractivity contribution in [1.82, 2.24) is 9.55 Å². The number of aromatic nitrogens is 2. The molecule has 0 unspecified atom stereocenters. The van der Waals surface area contributed by atoms with E-state index in [9.17, 15) is 0 Å². The molecule has 3 nitrogen and oxygen atoms in total. The Labute approximate surface area is 125 Å². The van der Waals surface area contributed by atoms with E-state index in [1.54, 1.807) is 0 Å². The lowest BCUT2D eigenvalue weighted by Crippen LogP contribution is -2.03. The highest BCUT2D eigenvalue weighted by Crippen LogP contribution is 2.28. The Bertz CT molecular complexity index is 792. The maximum atomic E-state index is 5.90. The molecule has 21 heavy (non-hydrogen) atoms. The van der Waals surface area contributed by atoms with Crippen LogP contribution in [0.5, 0.6) is 0 Å². The molecule has 2 aromatic carbocycles. The van der Waals surface area contributed by atoms with Gasteiger partial charge in [-0.2, -0.15) is 0 Å². The monoisotopic (exact) mass is 279 g/mol. The van der Waals surface area contributed by atoms with Crippen LogP contribution in [-0.2, 0) is 0 Å². The van der Waals surface area contributed by atoms with E-state index in [-0.39, 0.29) is 0 Å². The van der Waals surface area contributed by atoms with Crippen LogP contribution in [0.3, 0.4) is 0 Å². The van der Waals surface area contributed by atoms with Gasteiger partial charge in [0.15, 0.2) is 0 Å². The number of aryl methyl sites for hydroxylation is 2. The number of fused-ring (bicyclic) bond motifs is 1. The molecule has 0 saturated carbocycles. The second-order valence-corrected chi connectivity index (χ2v) is 6.05. The fraction of sp³-hybridized carbons (Fsp3) is 0.278. The van der Waals surface area contributed by atoms with E-state index < -0.39 is 0 Å². The fourth-order valence-electron chi connectivity index (χ4n) is 2.85. The summed E-state index contributed by atoms with van der Waals surface area (Å²) in [5.74, 6) is 1.42. The first kappa shape index (κ1) is 13.7. The summed E-state index contributed by atoms with van der Waals surface area (Å²) in [7, 11) is 0. The first-order valence-electron chi connectivity index (χ1n) is 7.32. The van der Waals surface area contributed by atoms with E-state index in [4.69, 9.17) is 10.7 Å². The summed E-state index contributed by atoms with van der Waals surface area (Å²) < 4.78 is 2.25. The van der Waals surface area contributed by atoms with Crippen LogP contribution in [0.1, 0.15) is 36.7 Å². The molecule has 1 aromatic heterocycles. The summed E-state index contributed by atoms with van der Waals surface area (Å²) in [6.45, 7) is 8.60. The van der Waals surface area contributed by atoms with Gasteiger partial charge in [-0.1, -0.05) is 19.9 Å². The first-order valence-corrected chi connectivity index (χ1v) is 7.32. The lowest BCUT2D eigenvalue weighted by Gasteiger charge is -2.13. The Hall–Kier alpha value is -2.29. The van der Waals surface area contributed by atoms with Crippen molar-refractivity contribution in [2.24, 2.45) is 0 Å². The van der Waals surface area contributed by atoms with Gasteiger partial charge in [-0.3, -0.25) is 4.57 Å². The van der Waals surface area contributed by atoms with Crippen molar-refractivity contribution in [3.8, 4) is 5.69 Å². The van der Waals surface area contributed by atoms with Gasteiger partial charge in [0, 0.05) is 17.3 Å². The zero-order valence-electron chi connectivity index (χ0n) is 13.0. The van der Waals surface area contributed by atoms with Crippen LogP contribution < -0.4 is 5.73 Å². The molecule has 3 rings (SSSR count). The number of nitrogens with zero attached hydrogens (tertiary/aromatic N) is 2. The Kier molecular flexibility index (Phi) is 3.20. The van der Waals surface area contributed by atoms with Crippen molar-refractivity contribution >= 4 is 16.7 Å². The smallest absolute Gasteiger partial charge is 0.117 e. The van der Waals surface area contributed by atoms with Gasteiger partial charge in [-0.25, -0.2) is 4.98 Å². The zero-order valence-corrected chi connectivity index (χ0v) is 13.0. The van der Waals surface area contributed by atoms with E-state index in [0.717, 1.165) is 22.5 Å². The minimum atomic E-state index is 0.347. The maximum absolute atomic E-state index is 5.90. The fourth-order valence-corrected chi connectivity index (χ4v) is 2.85. The molecule has 0 aliphatic rings. The second-order valence-electron chi connectivity index (χ2n) is 6.05. The van der Waals surface area contributed by atoms with Crippen LogP contribution in [-0.4, -0.2) is 9.55 Å². The molecule has 0 aliphatic carbocycles. The predicted molar refractivity (Wildman–Crippen MR) is 89.0 cm³/mol. The van der Waals surface area contributed by atoms with Crippen LogP contribution >= 0.6 is 0 Å². The topological polar surface area (TPSA) is 43.8 Å². The standard InChI is InChI=1S/C18H21N3/c1-11(2)18-20-16-10-14(19)5-6-17(16)21(18)15-8-12(3)7-13(4)9-15/h5-11H,19H2,1-4H3. The number of benzene rings is 2. The molecule has 3 aromatic rings. The lowest BCUT2D eigenvalue weighted by molar-refractivity contribution is 0.759. The largest absolute Gasteiger partial charge is 0.399 e. The van der Waals surface area contributed by atoms with Gasteiger partial charge >= 0.3 is 0 Å². The average Bonchev–Trinajstić information content (AvgIpc) is 2.76. The first-order chi connectivity index (χ1) is 9.95. The third-order valence-electron chi connectivity index (χ3n) is 3.69. The molecule has 0 amide bonds. The number of anilines is 1. The van der Waals surface area contributed by atoms with Crippen molar-refractivity contribution in [3.63, 3.8) is 0 Å². The van der Waals surface area contributed by atoms with Crippen LogP contribution in [0.4, 0.5) is 5.69 Å². The van der Waals surface area contributed by atoms with Gasteiger partial charge in [0.1, 0.15) is 5.82 Å². The summed E-state index contributed by atoms with van der Waals surface area (Å²) >= 11 is 0. The minimum absolute atomic E-state index is 0.347. The normalized spacial score (nSPS) is 11.5. The third kappa shape index (κ3) is 2.40. The van der Waals surface area contributed by atoms with Crippen LogP contribution in [0.15, 0.2) is 36.4 Å². The third-order valence-corrected chi connectivity index (χ3v) is 3.69. The number of hydrogen-bond acceptors (Lipinski definition) is 2. The number of rotatable bonds is 2. The molecule has 0 atom stereocenters. The van der Waals surface area contributed by atoms with Crippen molar-refractivity contribution in [3.05, 3.63) is 53.3 Å². The van der Waals surface area contributed by atoms with Crippen molar-refractivity contribution < 1.29 is 0 Å². The van der Waals surface area contributed by atoms with Crippen molar-refractivity contribution in [2.45, 2.75) is 33.6 Å². The lowest BCUT2D eigenvalue weighted by atomic mass is 10.1. The molecule has 0 bridgehead atoms. The summed E-state index contributed by atoms with van der Waals surface area (Å²) in [4.78, 5) is 4.79. The SMILES string of the molecule is Cc1cc(C)cc(-n2c(C(C)C)nc3cc(N)ccc32)c1. The highest BCUT2D eigenvalue weighted by atomic mass is 15.1. The molecule has 0 spiro atoms. The van der Waals surface area contributed by atoms with Crippen LogP contribution in [0.2, 0.25) is 0 Å². The summed E-state index contributed by atoms with van der Waals surface area (Å²) in [6, 6.07) is 12.5. The molecular weight excluding hydrogens is 258 g/mol. The average molecular weight is 279 g/mol. The van der Waals surface area contributed by atoms with Crippen molar-refractivity contribution in [2.75, 3.05) is 5.73 Å². The molecule has 0 radical (unpaired) electrons. The Balaban J connectivity index is 2.36. The zero-order chi connectivity index (χ0) is 15.1. The van der Waals surface area contributed by atoms with Gasteiger partial charge in [0.25, 0.3) is 0 Å². The van der Waals surface area contributed by atoms with Crippen LogP contribution in [0.25, 0.3) is 16.7 Å². The van der Waals surface area contributed by atoms with Gasteiger partial charge in [-0.05, 0) is 55.3 Å². The number of nitrogens with two attached hydrogens (primary N) is 1. The molecule has 1 heterocycles. The van der Waals surface area contributed by atoms with Gasteiger partial charge in [-0.15, -0.1) is 0 Å².